The van der Waals surface area contributed by atoms with E-state index in [1.165, 1.54) is 6.92 Å². The van der Waals surface area contributed by atoms with Gasteiger partial charge in [0.05, 0.1) is 16.8 Å². The molecule has 0 unspecified atom stereocenters. The van der Waals surface area contributed by atoms with Crippen LogP contribution in [-0.4, -0.2) is 27.8 Å². The molecule has 1 aliphatic heterocycles. The van der Waals surface area contributed by atoms with Gasteiger partial charge in [-0.05, 0) is 24.6 Å². The van der Waals surface area contributed by atoms with Gasteiger partial charge in [0.15, 0.2) is 0 Å². The highest BCUT2D eigenvalue weighted by molar-refractivity contribution is 6.37. The molecule has 0 atom stereocenters. The molecule has 6 nitrogen and oxygen atoms in total. The van der Waals surface area contributed by atoms with E-state index >= 15 is 0 Å². The number of phenols is 2. The third-order valence-corrected chi connectivity index (χ3v) is 4.64. The second-order valence-corrected chi connectivity index (χ2v) is 6.48. The molecular formula is C21H15NO5. The highest BCUT2D eigenvalue weighted by atomic mass is 16.3. The van der Waals surface area contributed by atoms with Gasteiger partial charge in [0.1, 0.15) is 17.3 Å². The number of benzene rings is 3. The summed E-state index contributed by atoms with van der Waals surface area (Å²) in [5.74, 6) is -2.05. The number of amides is 2. The van der Waals surface area contributed by atoms with Crippen molar-refractivity contribution in [3.8, 4) is 11.5 Å². The Morgan fingerprint density at radius 3 is 1.78 bits per heavy atom. The van der Waals surface area contributed by atoms with Crippen molar-refractivity contribution in [3.05, 3.63) is 65.2 Å². The van der Waals surface area contributed by atoms with Crippen molar-refractivity contribution in [1.82, 2.24) is 0 Å². The number of carbonyl (C=O) groups is 3. The Kier molecular flexibility index (Phi) is 3.70. The maximum absolute atomic E-state index is 12.9. The lowest BCUT2D eigenvalue weighted by Crippen LogP contribution is -2.29. The first-order chi connectivity index (χ1) is 12.9. The number of rotatable bonds is 3. The topological polar surface area (TPSA) is 94.9 Å². The van der Waals surface area contributed by atoms with Crippen LogP contribution in [0.5, 0.6) is 11.5 Å². The summed E-state index contributed by atoms with van der Waals surface area (Å²) in [7, 11) is 0. The SMILES string of the molecule is CC(=O)Cc1ccc(N2C(=O)c3c(c(O)c4ccccc4c3O)C2=O)cc1. The highest BCUT2D eigenvalue weighted by Crippen LogP contribution is 2.44. The molecule has 3 aromatic carbocycles. The Bertz CT molecular complexity index is 1070. The monoisotopic (exact) mass is 361 g/mol. The van der Waals surface area contributed by atoms with E-state index in [1.807, 2.05) is 0 Å². The molecule has 1 heterocycles. The van der Waals surface area contributed by atoms with Crippen LogP contribution in [0, 0.1) is 0 Å². The molecule has 134 valence electrons. The number of imide groups is 1. The second kappa shape index (κ2) is 5.95. The van der Waals surface area contributed by atoms with Crippen LogP contribution in [-0.2, 0) is 11.2 Å². The second-order valence-electron chi connectivity index (χ2n) is 6.48. The van der Waals surface area contributed by atoms with E-state index in [9.17, 15) is 24.6 Å². The maximum Gasteiger partial charge on any atom is 0.270 e. The van der Waals surface area contributed by atoms with Gasteiger partial charge in [0, 0.05) is 17.2 Å². The zero-order chi connectivity index (χ0) is 19.3. The first kappa shape index (κ1) is 16.8. The standard InChI is InChI=1S/C21H15NO5/c1-11(23)10-12-6-8-13(9-7-12)22-20(26)16-17(21(22)27)19(25)15-5-3-2-4-14(15)18(16)24/h2-9,24-25H,10H2,1H3. The van der Waals surface area contributed by atoms with Crippen LogP contribution in [0.2, 0.25) is 0 Å². The predicted molar refractivity (Wildman–Crippen MR) is 99.2 cm³/mol. The van der Waals surface area contributed by atoms with Crippen LogP contribution in [0.15, 0.2) is 48.5 Å². The highest BCUT2D eigenvalue weighted by Gasteiger charge is 2.42. The summed E-state index contributed by atoms with van der Waals surface area (Å²) in [5, 5.41) is 21.7. The van der Waals surface area contributed by atoms with E-state index in [4.69, 9.17) is 0 Å². The number of hydrogen-bond donors (Lipinski definition) is 2. The molecule has 6 heteroatoms. The van der Waals surface area contributed by atoms with Gasteiger partial charge in [-0.2, -0.15) is 0 Å². The Morgan fingerprint density at radius 1 is 0.852 bits per heavy atom. The van der Waals surface area contributed by atoms with E-state index in [0.29, 0.717) is 16.5 Å². The molecule has 2 N–H and O–H groups in total. The van der Waals surface area contributed by atoms with Gasteiger partial charge in [-0.3, -0.25) is 14.4 Å². The minimum Gasteiger partial charge on any atom is -0.506 e. The van der Waals surface area contributed by atoms with Gasteiger partial charge in [-0.15, -0.1) is 0 Å². The lowest BCUT2D eigenvalue weighted by atomic mass is 9.99. The van der Waals surface area contributed by atoms with Crippen LogP contribution in [0.4, 0.5) is 5.69 Å². The summed E-state index contributed by atoms with van der Waals surface area (Å²) >= 11 is 0. The summed E-state index contributed by atoms with van der Waals surface area (Å²) < 4.78 is 0. The van der Waals surface area contributed by atoms with E-state index in [2.05, 4.69) is 0 Å². The zero-order valence-electron chi connectivity index (χ0n) is 14.4. The fourth-order valence-electron chi connectivity index (χ4n) is 3.42. The molecule has 0 aromatic heterocycles. The molecule has 27 heavy (non-hydrogen) atoms. The Balaban J connectivity index is 1.84. The lowest BCUT2D eigenvalue weighted by molar-refractivity contribution is -0.116. The number of ketones is 1. The van der Waals surface area contributed by atoms with Crippen molar-refractivity contribution in [2.75, 3.05) is 4.90 Å². The Morgan fingerprint density at radius 2 is 1.33 bits per heavy atom. The Hall–Kier alpha value is -3.67. The van der Waals surface area contributed by atoms with E-state index in [1.54, 1.807) is 48.5 Å². The molecule has 2 amide bonds. The number of Topliss-reactive ketones (excluding diaryl/α,β-unsaturated/α-hetero) is 1. The molecule has 1 aliphatic rings. The molecule has 0 spiro atoms. The molecule has 3 aromatic rings. The molecule has 0 aliphatic carbocycles. The van der Waals surface area contributed by atoms with Crippen LogP contribution in [0.1, 0.15) is 33.2 Å². The summed E-state index contributed by atoms with van der Waals surface area (Å²) in [6, 6.07) is 12.9. The number of aromatic hydroxyl groups is 2. The lowest BCUT2D eigenvalue weighted by Gasteiger charge is -2.14. The summed E-state index contributed by atoms with van der Waals surface area (Å²) in [4.78, 5) is 37.9. The van der Waals surface area contributed by atoms with E-state index in [-0.39, 0.29) is 34.8 Å². The number of hydrogen-bond acceptors (Lipinski definition) is 5. The van der Waals surface area contributed by atoms with Crippen molar-refractivity contribution in [3.63, 3.8) is 0 Å². The summed E-state index contributed by atoms with van der Waals surface area (Å²) in [5.41, 5.74) is 0.656. The van der Waals surface area contributed by atoms with E-state index < -0.39 is 11.8 Å². The van der Waals surface area contributed by atoms with Gasteiger partial charge in [-0.1, -0.05) is 36.4 Å². The average Bonchev–Trinajstić information content (AvgIpc) is 2.91. The number of carbonyl (C=O) groups excluding carboxylic acids is 3. The number of anilines is 1. The number of nitrogens with zero attached hydrogens (tertiary/aromatic N) is 1. The van der Waals surface area contributed by atoms with Crippen molar-refractivity contribution in [2.45, 2.75) is 13.3 Å². The molecule has 0 saturated heterocycles. The molecule has 0 bridgehead atoms. The first-order valence-electron chi connectivity index (χ1n) is 8.34. The maximum atomic E-state index is 12.9. The number of fused-ring (bicyclic) bond motifs is 2. The van der Waals surface area contributed by atoms with Gasteiger partial charge >= 0.3 is 0 Å². The molecule has 0 fully saturated rings. The minimum atomic E-state index is -0.701. The van der Waals surface area contributed by atoms with Crippen LogP contribution in [0.25, 0.3) is 10.8 Å². The van der Waals surface area contributed by atoms with Crippen LogP contribution < -0.4 is 4.90 Å². The quantitative estimate of drug-likeness (QED) is 0.552. The van der Waals surface area contributed by atoms with Crippen molar-refractivity contribution in [2.24, 2.45) is 0 Å². The number of phenolic OH excluding ortho intramolecular Hbond substituents is 2. The van der Waals surface area contributed by atoms with Crippen molar-refractivity contribution >= 4 is 34.1 Å². The predicted octanol–water partition coefficient (Wildman–Crippen LogP) is 3.18. The molecule has 0 saturated carbocycles. The van der Waals surface area contributed by atoms with Gasteiger partial charge in [-0.25, -0.2) is 4.90 Å². The van der Waals surface area contributed by atoms with Gasteiger partial charge < -0.3 is 10.2 Å². The normalized spacial score (nSPS) is 13.3. The smallest absolute Gasteiger partial charge is 0.270 e. The van der Waals surface area contributed by atoms with Crippen molar-refractivity contribution < 1.29 is 24.6 Å². The van der Waals surface area contributed by atoms with Gasteiger partial charge in [0.25, 0.3) is 11.8 Å². The fourth-order valence-corrected chi connectivity index (χ4v) is 3.42. The van der Waals surface area contributed by atoms with Crippen molar-refractivity contribution in [1.29, 1.82) is 0 Å². The largest absolute Gasteiger partial charge is 0.506 e. The third-order valence-electron chi connectivity index (χ3n) is 4.64. The third kappa shape index (κ3) is 2.45. The van der Waals surface area contributed by atoms with Crippen LogP contribution in [0.3, 0.4) is 0 Å². The first-order valence-corrected chi connectivity index (χ1v) is 8.34. The molecular weight excluding hydrogens is 346 g/mol. The van der Waals surface area contributed by atoms with Gasteiger partial charge in [0.2, 0.25) is 0 Å². The van der Waals surface area contributed by atoms with E-state index in [0.717, 1.165) is 10.5 Å². The average molecular weight is 361 g/mol. The fraction of sp³-hybridized carbons (Fsp3) is 0.0952. The zero-order valence-corrected chi connectivity index (χ0v) is 14.4. The molecule has 4 rings (SSSR count). The molecule has 0 radical (unpaired) electrons. The summed E-state index contributed by atoms with van der Waals surface area (Å²) in [6.45, 7) is 1.48. The Labute approximate surface area is 154 Å². The summed E-state index contributed by atoms with van der Waals surface area (Å²) in [6.07, 6.45) is 0.259. The minimum absolute atomic E-state index is 0.00464. The van der Waals surface area contributed by atoms with Crippen LogP contribution >= 0.6 is 0 Å².